The van der Waals surface area contributed by atoms with Crippen molar-refractivity contribution in [3.63, 3.8) is 0 Å². The van der Waals surface area contributed by atoms with E-state index in [1.165, 1.54) is 48.8 Å². The second-order valence-corrected chi connectivity index (χ2v) is 8.45. The Kier molecular flexibility index (Phi) is 12.3. The van der Waals surface area contributed by atoms with E-state index in [-0.39, 0.29) is 0 Å². The fourth-order valence-electron chi connectivity index (χ4n) is 3.34. The summed E-state index contributed by atoms with van der Waals surface area (Å²) >= 11 is 0. The maximum absolute atomic E-state index is 2.37. The number of hydrogen-bond acceptors (Lipinski definition) is 0. The Balaban J connectivity index is 0.00000301. The first-order valence-electron chi connectivity index (χ1n) is 10.6. The average molecular weight is 357 g/mol. The lowest BCUT2D eigenvalue weighted by atomic mass is 9.72. The molecule has 0 saturated heterocycles. The lowest BCUT2D eigenvalue weighted by Crippen LogP contribution is -2.19. The minimum atomic E-state index is 0.324. The van der Waals surface area contributed by atoms with Crippen molar-refractivity contribution in [3.8, 4) is 0 Å². The van der Waals surface area contributed by atoms with Crippen LogP contribution in [0.2, 0.25) is 0 Å². The molecular weight excluding hydrogens is 312 g/mol. The van der Waals surface area contributed by atoms with Gasteiger partial charge in [-0.25, -0.2) is 0 Å². The van der Waals surface area contributed by atoms with Gasteiger partial charge in [0.25, 0.3) is 0 Å². The molecule has 148 valence electrons. The molecule has 0 atom stereocenters. The predicted octanol–water partition coefficient (Wildman–Crippen LogP) is 8.98. The third-order valence-corrected chi connectivity index (χ3v) is 4.98. The van der Waals surface area contributed by atoms with E-state index in [9.17, 15) is 0 Å². The molecule has 0 heterocycles. The summed E-state index contributed by atoms with van der Waals surface area (Å²) in [6, 6.07) is 0. The Hall–Kier alpha value is -1.30. The van der Waals surface area contributed by atoms with E-state index in [1.807, 2.05) is 13.8 Å². The normalized spacial score (nSPS) is 18.7. The van der Waals surface area contributed by atoms with Gasteiger partial charge >= 0.3 is 0 Å². The van der Waals surface area contributed by atoms with Gasteiger partial charge < -0.3 is 0 Å². The van der Waals surface area contributed by atoms with Gasteiger partial charge in [-0.15, -0.1) is 0 Å². The maximum Gasteiger partial charge on any atom is -0.0104 e. The average Bonchev–Trinajstić information content (AvgIpc) is 2.55. The Labute approximate surface area is 164 Å². The summed E-state index contributed by atoms with van der Waals surface area (Å²) < 4.78 is 0. The van der Waals surface area contributed by atoms with Gasteiger partial charge in [-0.05, 0) is 69.8 Å². The second-order valence-electron chi connectivity index (χ2n) is 8.45. The van der Waals surface area contributed by atoms with Crippen molar-refractivity contribution in [2.45, 2.75) is 94.4 Å². The molecule has 0 unspecified atom stereocenters. The second kappa shape index (κ2) is 13.0. The van der Waals surface area contributed by atoms with Gasteiger partial charge in [0.1, 0.15) is 0 Å². The molecule has 1 rings (SSSR count). The molecule has 0 nitrogen and oxygen atoms in total. The van der Waals surface area contributed by atoms with Gasteiger partial charge in [-0.2, -0.15) is 0 Å². The van der Waals surface area contributed by atoms with Gasteiger partial charge in [-0.1, -0.05) is 94.7 Å². The van der Waals surface area contributed by atoms with E-state index >= 15 is 0 Å². The molecule has 0 heteroatoms. The number of hydrogen-bond donors (Lipinski definition) is 0. The van der Waals surface area contributed by atoms with E-state index < -0.39 is 0 Å². The molecule has 0 aliphatic heterocycles. The third kappa shape index (κ3) is 10.00. The molecule has 0 saturated carbocycles. The lowest BCUT2D eigenvalue weighted by molar-refractivity contribution is 0.377. The highest BCUT2D eigenvalue weighted by Gasteiger charge is 2.26. The van der Waals surface area contributed by atoms with Gasteiger partial charge in [0, 0.05) is 0 Å². The standard InChI is InChI=1S/C24H38.C2H6/c1-19(2)11-8-12-20(3)13-9-14-21(4)16-17-23-22(5)15-10-18-24(23,6)7;1-2/h9,12-14,16-17,19H,8,10-11,15,18H2,1-7H3;1-2H3/b13-9+,17-16+,20-12+,21-14+;. The molecule has 0 N–H and O–H groups in total. The summed E-state index contributed by atoms with van der Waals surface area (Å²) in [5, 5.41) is 0. The highest BCUT2D eigenvalue weighted by molar-refractivity contribution is 5.37. The first-order valence-corrected chi connectivity index (χ1v) is 10.6. The van der Waals surface area contributed by atoms with Crippen LogP contribution in [0.1, 0.15) is 94.4 Å². The van der Waals surface area contributed by atoms with Gasteiger partial charge in [-0.3, -0.25) is 0 Å². The van der Waals surface area contributed by atoms with Crippen LogP contribution in [0.5, 0.6) is 0 Å². The molecular formula is C26H44. The summed E-state index contributed by atoms with van der Waals surface area (Å²) in [6.45, 7) is 20.0. The third-order valence-electron chi connectivity index (χ3n) is 4.98. The van der Waals surface area contributed by atoms with Crippen LogP contribution in [0.3, 0.4) is 0 Å². The maximum atomic E-state index is 2.37. The van der Waals surface area contributed by atoms with Crippen LogP contribution in [0.4, 0.5) is 0 Å². The first kappa shape index (κ1) is 24.7. The molecule has 0 amide bonds. The highest BCUT2D eigenvalue weighted by atomic mass is 14.3. The van der Waals surface area contributed by atoms with Crippen LogP contribution >= 0.6 is 0 Å². The van der Waals surface area contributed by atoms with Crippen LogP contribution in [0.25, 0.3) is 0 Å². The summed E-state index contributed by atoms with van der Waals surface area (Å²) in [7, 11) is 0. The number of allylic oxidation sites excluding steroid dienone is 10. The molecule has 0 aromatic heterocycles. The van der Waals surface area contributed by atoms with Gasteiger partial charge in [0.05, 0.1) is 0 Å². The lowest BCUT2D eigenvalue weighted by Gasteiger charge is -2.32. The van der Waals surface area contributed by atoms with E-state index in [2.05, 4.69) is 84.9 Å². The Morgan fingerprint density at radius 3 is 2.31 bits per heavy atom. The molecule has 0 aromatic rings. The molecule has 1 aliphatic rings. The van der Waals surface area contributed by atoms with Crippen molar-refractivity contribution in [2.75, 3.05) is 0 Å². The molecule has 26 heavy (non-hydrogen) atoms. The van der Waals surface area contributed by atoms with Crippen LogP contribution < -0.4 is 0 Å². The molecule has 0 fully saturated rings. The molecule has 1 aliphatic carbocycles. The van der Waals surface area contributed by atoms with Crippen molar-refractivity contribution in [3.05, 3.63) is 58.7 Å². The summed E-state index contributed by atoms with van der Waals surface area (Å²) in [5.74, 6) is 0.784. The molecule has 0 radical (unpaired) electrons. The smallest absolute Gasteiger partial charge is 0.0104 e. The molecule has 0 spiro atoms. The Morgan fingerprint density at radius 2 is 1.73 bits per heavy atom. The van der Waals surface area contributed by atoms with Crippen LogP contribution in [0, 0.1) is 11.3 Å². The van der Waals surface area contributed by atoms with Gasteiger partial charge in [0.2, 0.25) is 0 Å². The van der Waals surface area contributed by atoms with Gasteiger partial charge in [0.15, 0.2) is 0 Å². The van der Waals surface area contributed by atoms with Crippen LogP contribution in [-0.2, 0) is 0 Å². The minimum absolute atomic E-state index is 0.324. The van der Waals surface area contributed by atoms with E-state index in [4.69, 9.17) is 0 Å². The van der Waals surface area contributed by atoms with Crippen molar-refractivity contribution in [1.82, 2.24) is 0 Å². The van der Waals surface area contributed by atoms with E-state index in [0.717, 1.165) is 5.92 Å². The summed E-state index contributed by atoms with van der Waals surface area (Å²) in [4.78, 5) is 0. The fourth-order valence-corrected chi connectivity index (χ4v) is 3.34. The van der Waals surface area contributed by atoms with Crippen molar-refractivity contribution in [1.29, 1.82) is 0 Å². The monoisotopic (exact) mass is 356 g/mol. The molecule has 0 bridgehead atoms. The summed E-state index contributed by atoms with van der Waals surface area (Å²) in [6.07, 6.45) is 19.9. The van der Waals surface area contributed by atoms with Crippen LogP contribution in [0.15, 0.2) is 58.7 Å². The van der Waals surface area contributed by atoms with E-state index in [0.29, 0.717) is 5.41 Å². The van der Waals surface area contributed by atoms with Crippen LogP contribution in [-0.4, -0.2) is 0 Å². The van der Waals surface area contributed by atoms with Crippen molar-refractivity contribution in [2.24, 2.45) is 11.3 Å². The fraction of sp³-hybridized carbons (Fsp3) is 0.615. The molecule has 0 aromatic carbocycles. The van der Waals surface area contributed by atoms with Crippen molar-refractivity contribution < 1.29 is 0 Å². The van der Waals surface area contributed by atoms with Crippen molar-refractivity contribution >= 4 is 0 Å². The summed E-state index contributed by atoms with van der Waals surface area (Å²) in [5.41, 5.74) is 6.09. The Bertz CT molecular complexity index is 545. The zero-order chi connectivity index (χ0) is 20.2. The number of rotatable bonds is 7. The predicted molar refractivity (Wildman–Crippen MR) is 122 cm³/mol. The topological polar surface area (TPSA) is 0 Å². The first-order chi connectivity index (χ1) is 12.2. The Morgan fingerprint density at radius 1 is 1.08 bits per heavy atom. The SMILES string of the molecule is CC.CC1=C(/C=C/C(C)=C/C=C/C(C)=C/CCC(C)C)C(C)(C)CCC1. The minimum Gasteiger partial charge on any atom is -0.0816 e. The quantitative estimate of drug-likeness (QED) is 0.399. The largest absolute Gasteiger partial charge is 0.0816 e. The van der Waals surface area contributed by atoms with E-state index in [1.54, 1.807) is 5.57 Å². The highest BCUT2D eigenvalue weighted by Crippen LogP contribution is 2.40. The zero-order valence-corrected chi connectivity index (χ0v) is 19.1. The zero-order valence-electron chi connectivity index (χ0n) is 19.1.